The summed E-state index contributed by atoms with van der Waals surface area (Å²) >= 11 is 0. The van der Waals surface area contributed by atoms with Crippen LogP contribution in [0.3, 0.4) is 0 Å². The van der Waals surface area contributed by atoms with Gasteiger partial charge in [-0.05, 0) is 20.3 Å². The molecule has 0 fully saturated rings. The van der Waals surface area contributed by atoms with E-state index < -0.39 is 5.41 Å². The molecule has 0 saturated heterocycles. The van der Waals surface area contributed by atoms with Gasteiger partial charge in [0.05, 0.1) is 5.41 Å². The Kier molecular flexibility index (Phi) is 1.94. The summed E-state index contributed by atoms with van der Waals surface area (Å²) in [4.78, 5) is 21.8. The molecule has 0 bridgehead atoms. The predicted octanol–water partition coefficient (Wildman–Crippen LogP) is 1.50. The number of carbonyl (C=O) groups is 2. The molecule has 0 saturated carbocycles. The van der Waals surface area contributed by atoms with Crippen molar-refractivity contribution in [1.29, 1.82) is 0 Å². The molecule has 0 radical (unpaired) electrons. The van der Waals surface area contributed by atoms with Crippen LogP contribution in [0.4, 0.5) is 0 Å². The van der Waals surface area contributed by atoms with Gasteiger partial charge in [-0.1, -0.05) is 11.6 Å². The maximum Gasteiger partial charge on any atom is 0.149 e. The Balaban J connectivity index is 3.00. The first-order valence-corrected chi connectivity index (χ1v) is 3.76. The molecule has 2 heteroatoms. The number of aldehydes is 1. The van der Waals surface area contributed by atoms with Gasteiger partial charge < -0.3 is 4.79 Å². The Morgan fingerprint density at radius 3 is 2.64 bits per heavy atom. The second-order valence-corrected chi connectivity index (χ2v) is 3.31. The number of carbonyl (C=O) groups excluding carboxylic acids is 2. The van der Waals surface area contributed by atoms with Crippen LogP contribution in [0.15, 0.2) is 11.6 Å². The lowest BCUT2D eigenvalue weighted by Gasteiger charge is -2.22. The molecule has 1 unspecified atom stereocenters. The van der Waals surface area contributed by atoms with E-state index in [-0.39, 0.29) is 5.78 Å². The lowest BCUT2D eigenvalue weighted by Crippen LogP contribution is -2.30. The van der Waals surface area contributed by atoms with Gasteiger partial charge in [0, 0.05) is 6.42 Å². The van der Waals surface area contributed by atoms with Crippen LogP contribution in [-0.4, -0.2) is 12.1 Å². The van der Waals surface area contributed by atoms with Gasteiger partial charge in [0.15, 0.2) is 0 Å². The molecule has 2 nitrogen and oxygen atoms in total. The van der Waals surface area contributed by atoms with Crippen LogP contribution < -0.4 is 0 Å². The van der Waals surface area contributed by atoms with Gasteiger partial charge in [0.2, 0.25) is 0 Å². The highest BCUT2D eigenvalue weighted by molar-refractivity contribution is 6.00. The van der Waals surface area contributed by atoms with Crippen LogP contribution in [0.25, 0.3) is 0 Å². The third-order valence-corrected chi connectivity index (χ3v) is 2.14. The van der Waals surface area contributed by atoms with Crippen molar-refractivity contribution in [3.05, 3.63) is 11.6 Å². The fraction of sp³-hybridized carbons (Fsp3) is 0.556. The van der Waals surface area contributed by atoms with Crippen LogP contribution in [0, 0.1) is 5.41 Å². The monoisotopic (exact) mass is 152 g/mol. The Morgan fingerprint density at radius 2 is 2.18 bits per heavy atom. The maximum absolute atomic E-state index is 11.2. The first-order valence-electron chi connectivity index (χ1n) is 3.76. The molecule has 0 amide bonds. The van der Waals surface area contributed by atoms with Crippen LogP contribution in [0.5, 0.6) is 0 Å². The average Bonchev–Trinajstić information content (AvgIpc) is 1.98. The van der Waals surface area contributed by atoms with Crippen molar-refractivity contribution in [3.8, 4) is 0 Å². The molecular weight excluding hydrogens is 140 g/mol. The maximum atomic E-state index is 11.2. The van der Waals surface area contributed by atoms with E-state index >= 15 is 0 Å². The molecule has 1 rings (SSSR count). The van der Waals surface area contributed by atoms with Crippen molar-refractivity contribution in [1.82, 2.24) is 0 Å². The third kappa shape index (κ3) is 1.39. The van der Waals surface area contributed by atoms with E-state index in [0.29, 0.717) is 6.42 Å². The number of allylic oxidation sites excluding steroid dienone is 2. The molecule has 0 spiro atoms. The second kappa shape index (κ2) is 2.61. The average molecular weight is 152 g/mol. The SMILES string of the molecule is CC1=CC(C)(C=O)C(=O)CC1. The van der Waals surface area contributed by atoms with Crippen molar-refractivity contribution in [2.45, 2.75) is 26.7 Å². The molecule has 1 aliphatic carbocycles. The van der Waals surface area contributed by atoms with Crippen LogP contribution in [0.1, 0.15) is 26.7 Å². The zero-order chi connectivity index (χ0) is 8.48. The zero-order valence-electron chi connectivity index (χ0n) is 6.89. The van der Waals surface area contributed by atoms with E-state index in [0.717, 1.165) is 18.3 Å². The second-order valence-electron chi connectivity index (χ2n) is 3.31. The van der Waals surface area contributed by atoms with Gasteiger partial charge in [-0.15, -0.1) is 0 Å². The topological polar surface area (TPSA) is 34.1 Å². The van der Waals surface area contributed by atoms with E-state index in [1.54, 1.807) is 13.0 Å². The van der Waals surface area contributed by atoms with E-state index in [1.165, 1.54) is 0 Å². The number of hydrogen-bond acceptors (Lipinski definition) is 2. The molecular formula is C9H12O2. The quantitative estimate of drug-likeness (QED) is 0.324. The molecule has 11 heavy (non-hydrogen) atoms. The number of hydrogen-bond donors (Lipinski definition) is 0. The number of rotatable bonds is 1. The summed E-state index contributed by atoms with van der Waals surface area (Å²) in [6.45, 7) is 3.62. The van der Waals surface area contributed by atoms with E-state index in [4.69, 9.17) is 0 Å². The summed E-state index contributed by atoms with van der Waals surface area (Å²) in [7, 11) is 0. The molecule has 0 N–H and O–H groups in total. The van der Waals surface area contributed by atoms with Gasteiger partial charge >= 0.3 is 0 Å². The van der Waals surface area contributed by atoms with E-state index in [9.17, 15) is 9.59 Å². The fourth-order valence-electron chi connectivity index (χ4n) is 1.34. The normalized spacial score (nSPS) is 31.5. The highest BCUT2D eigenvalue weighted by atomic mass is 16.1. The molecule has 0 aromatic rings. The summed E-state index contributed by atoms with van der Waals surface area (Å²) in [6, 6.07) is 0. The molecule has 1 aliphatic rings. The van der Waals surface area contributed by atoms with Crippen LogP contribution in [-0.2, 0) is 9.59 Å². The van der Waals surface area contributed by atoms with Crippen LogP contribution in [0.2, 0.25) is 0 Å². The minimum atomic E-state index is -0.831. The lowest BCUT2D eigenvalue weighted by molar-refractivity contribution is -0.131. The fourth-order valence-corrected chi connectivity index (χ4v) is 1.34. The zero-order valence-corrected chi connectivity index (χ0v) is 6.89. The minimum absolute atomic E-state index is 0.0399. The van der Waals surface area contributed by atoms with Crippen molar-refractivity contribution in [2.75, 3.05) is 0 Å². The summed E-state index contributed by atoms with van der Waals surface area (Å²) in [6.07, 6.45) is 3.82. The number of ketones is 1. The Bertz CT molecular complexity index is 228. The van der Waals surface area contributed by atoms with Gasteiger partial charge in [-0.3, -0.25) is 4.79 Å². The molecule has 60 valence electrons. The summed E-state index contributed by atoms with van der Waals surface area (Å²) in [5.74, 6) is 0.0399. The van der Waals surface area contributed by atoms with Gasteiger partial charge in [0.25, 0.3) is 0 Å². The molecule has 0 aromatic carbocycles. The van der Waals surface area contributed by atoms with E-state index in [1.807, 2.05) is 6.92 Å². The van der Waals surface area contributed by atoms with Crippen molar-refractivity contribution in [2.24, 2.45) is 5.41 Å². The van der Waals surface area contributed by atoms with Gasteiger partial charge in [-0.2, -0.15) is 0 Å². The smallest absolute Gasteiger partial charge is 0.149 e. The van der Waals surface area contributed by atoms with E-state index in [2.05, 4.69) is 0 Å². The standard InChI is InChI=1S/C9H12O2/c1-7-3-4-8(11)9(2,5-7)6-10/h5-6H,3-4H2,1-2H3. The van der Waals surface area contributed by atoms with Gasteiger partial charge in [0.1, 0.15) is 12.1 Å². The lowest BCUT2D eigenvalue weighted by atomic mass is 9.78. The summed E-state index contributed by atoms with van der Waals surface area (Å²) in [5, 5.41) is 0. The third-order valence-electron chi connectivity index (χ3n) is 2.14. The minimum Gasteiger partial charge on any atom is -0.302 e. The van der Waals surface area contributed by atoms with Gasteiger partial charge in [-0.25, -0.2) is 0 Å². The predicted molar refractivity (Wildman–Crippen MR) is 42.2 cm³/mol. The Hall–Kier alpha value is -0.920. The Morgan fingerprint density at radius 1 is 1.55 bits per heavy atom. The van der Waals surface area contributed by atoms with Crippen molar-refractivity contribution in [3.63, 3.8) is 0 Å². The highest BCUT2D eigenvalue weighted by Gasteiger charge is 2.32. The molecule has 0 aromatic heterocycles. The highest BCUT2D eigenvalue weighted by Crippen LogP contribution is 2.28. The summed E-state index contributed by atoms with van der Waals surface area (Å²) < 4.78 is 0. The van der Waals surface area contributed by atoms with Crippen molar-refractivity contribution >= 4 is 12.1 Å². The van der Waals surface area contributed by atoms with Crippen LogP contribution >= 0.6 is 0 Å². The molecule has 0 heterocycles. The molecule has 0 aliphatic heterocycles. The first kappa shape index (κ1) is 8.18. The molecule has 1 atom stereocenters. The Labute approximate surface area is 66.3 Å². The number of Topliss-reactive ketones (excluding diaryl/α,β-unsaturated/α-hetero) is 1. The summed E-state index contributed by atoms with van der Waals surface area (Å²) in [5.41, 5.74) is 0.307. The largest absolute Gasteiger partial charge is 0.302 e. The van der Waals surface area contributed by atoms with Crippen molar-refractivity contribution < 1.29 is 9.59 Å². The first-order chi connectivity index (χ1) is 5.08.